The van der Waals surface area contributed by atoms with Gasteiger partial charge in [-0.15, -0.1) is 0 Å². The van der Waals surface area contributed by atoms with Crippen LogP contribution in [0.1, 0.15) is 47.9 Å². The first-order valence-electron chi connectivity index (χ1n) is 11.8. The summed E-state index contributed by atoms with van der Waals surface area (Å²) in [7, 11) is -0.384. The zero-order valence-electron chi connectivity index (χ0n) is 20.3. The summed E-state index contributed by atoms with van der Waals surface area (Å²) >= 11 is 0. The Hall–Kier alpha value is -1.59. The van der Waals surface area contributed by atoms with Crippen LogP contribution in [0.4, 0.5) is 16.2 Å². The predicted molar refractivity (Wildman–Crippen MR) is 134 cm³/mol. The molecule has 2 aliphatic carbocycles. The molecule has 2 N–H and O–H groups in total. The largest absolute Gasteiger partial charge is 0.334 e. The second-order valence-corrected chi connectivity index (χ2v) is 11.1. The molecule has 1 radical (unpaired) electrons. The number of carbonyl (C=O) groups excluding carboxylic acids is 1. The molecule has 2 heterocycles. The van der Waals surface area contributed by atoms with Crippen molar-refractivity contribution in [2.24, 2.45) is 7.05 Å². The Bertz CT molecular complexity index is 1150. The Morgan fingerprint density at radius 3 is 2.35 bits per heavy atom. The summed E-state index contributed by atoms with van der Waals surface area (Å²) in [5.74, 6) is 0. The van der Waals surface area contributed by atoms with Crippen LogP contribution >= 0.6 is 0 Å². The summed E-state index contributed by atoms with van der Waals surface area (Å²) in [5, 5.41) is 7.06. The van der Waals surface area contributed by atoms with Crippen LogP contribution < -0.4 is 14.3 Å². The van der Waals surface area contributed by atoms with E-state index in [4.69, 9.17) is 0 Å². The average molecular weight is 496 g/mol. The van der Waals surface area contributed by atoms with E-state index in [0.717, 1.165) is 63.6 Å². The fourth-order valence-corrected chi connectivity index (χ4v) is 6.69. The van der Waals surface area contributed by atoms with E-state index in [2.05, 4.69) is 26.1 Å². The number of urea groups is 1. The van der Waals surface area contributed by atoms with E-state index in [1.165, 1.54) is 32.8 Å². The number of likely N-dealkylation sites (tertiary alicyclic amines) is 1. The van der Waals surface area contributed by atoms with Gasteiger partial charge in [0.1, 0.15) is 0 Å². The Morgan fingerprint density at radius 2 is 1.79 bits per heavy atom. The average Bonchev–Trinajstić information content (AvgIpc) is 3.53. The van der Waals surface area contributed by atoms with Crippen molar-refractivity contribution in [3.8, 4) is 0 Å². The topological polar surface area (TPSA) is 99.6 Å². The van der Waals surface area contributed by atoms with Crippen LogP contribution in [-0.4, -0.2) is 84.9 Å². The van der Waals surface area contributed by atoms with Crippen molar-refractivity contribution in [2.75, 3.05) is 29.8 Å². The molecule has 1 aromatic heterocycles. The van der Waals surface area contributed by atoms with Gasteiger partial charge in [0.25, 0.3) is 0 Å². The van der Waals surface area contributed by atoms with E-state index in [9.17, 15) is 13.2 Å². The summed E-state index contributed by atoms with van der Waals surface area (Å²) in [6, 6.07) is 1.66. The Kier molecular flexibility index (Phi) is 7.64. The number of likely N-dealkylation sites (N-methyl/N-ethyl adjacent to an activating group) is 1. The number of amides is 2. The molecule has 0 bridgehead atoms. The first-order valence-corrected chi connectivity index (χ1v) is 13.2. The van der Waals surface area contributed by atoms with Crippen molar-refractivity contribution >= 4 is 57.2 Å². The van der Waals surface area contributed by atoms with Gasteiger partial charge in [-0.05, 0) is 87.2 Å². The third-order valence-electron chi connectivity index (χ3n) is 7.25. The molecule has 1 fully saturated rings. The zero-order valence-corrected chi connectivity index (χ0v) is 23.1. The van der Waals surface area contributed by atoms with E-state index in [1.54, 1.807) is 17.9 Å². The summed E-state index contributed by atoms with van der Waals surface area (Å²) in [5.41, 5.74) is 6.18. The number of anilines is 2. The number of hydrogen-bond acceptors (Lipinski definition) is 5. The predicted octanol–water partition coefficient (Wildman–Crippen LogP) is 1.98. The molecule has 1 aromatic carbocycles. The van der Waals surface area contributed by atoms with E-state index in [0.29, 0.717) is 5.69 Å². The van der Waals surface area contributed by atoms with Crippen LogP contribution in [0.5, 0.6) is 0 Å². The van der Waals surface area contributed by atoms with Crippen LogP contribution in [0.2, 0.25) is 0 Å². The third-order valence-corrected chi connectivity index (χ3v) is 8.63. The molecule has 1 atom stereocenters. The quantitative estimate of drug-likeness (QED) is 0.597. The molecular formula is C23H32N6NaO3S. The monoisotopic (exact) mass is 495 g/mol. The van der Waals surface area contributed by atoms with Crippen molar-refractivity contribution in [2.45, 2.75) is 57.4 Å². The first kappa shape index (κ1) is 25.5. The van der Waals surface area contributed by atoms with E-state index >= 15 is 0 Å². The van der Waals surface area contributed by atoms with Gasteiger partial charge >= 0.3 is 16.2 Å². The van der Waals surface area contributed by atoms with Gasteiger partial charge in [0.15, 0.2) is 0 Å². The molecule has 11 heteroatoms. The molecule has 2 amide bonds. The van der Waals surface area contributed by atoms with Gasteiger partial charge in [0.05, 0.1) is 18.4 Å². The fraction of sp³-hybridized carbons (Fsp3) is 0.565. The van der Waals surface area contributed by atoms with Crippen molar-refractivity contribution < 1.29 is 13.2 Å². The van der Waals surface area contributed by atoms with Gasteiger partial charge in [0.2, 0.25) is 0 Å². The molecule has 179 valence electrons. The maximum Gasteiger partial charge on any atom is 0.334 e. The molecule has 0 spiro atoms. The maximum absolute atomic E-state index is 13.4. The van der Waals surface area contributed by atoms with E-state index in [-0.39, 0.29) is 42.1 Å². The number of rotatable bonds is 6. The summed E-state index contributed by atoms with van der Waals surface area (Å²) in [6.45, 7) is 1.20. The molecule has 1 aliphatic heterocycles. The Labute approximate surface area is 223 Å². The molecule has 9 nitrogen and oxygen atoms in total. The van der Waals surface area contributed by atoms with Crippen LogP contribution in [0.25, 0.3) is 0 Å². The van der Waals surface area contributed by atoms with Gasteiger partial charge in [-0.2, -0.15) is 13.5 Å². The molecule has 1 saturated heterocycles. The molecule has 3 aliphatic rings. The van der Waals surface area contributed by atoms with Gasteiger partial charge in [-0.25, -0.2) is 13.8 Å². The number of hydrogen-bond donors (Lipinski definition) is 2. The number of carbonyl (C=O) groups is 1. The first-order chi connectivity index (χ1) is 15.8. The van der Waals surface area contributed by atoms with Gasteiger partial charge in [-0.3, -0.25) is 4.68 Å². The molecule has 34 heavy (non-hydrogen) atoms. The van der Waals surface area contributed by atoms with Crippen LogP contribution in [-0.2, 0) is 42.9 Å². The van der Waals surface area contributed by atoms with Crippen molar-refractivity contribution in [3.05, 3.63) is 40.7 Å². The number of benzene rings is 1. The summed E-state index contributed by atoms with van der Waals surface area (Å²) < 4.78 is 31.9. The summed E-state index contributed by atoms with van der Waals surface area (Å²) in [4.78, 5) is 15.2. The van der Waals surface area contributed by atoms with Crippen LogP contribution in [0.3, 0.4) is 0 Å². The number of aromatic nitrogens is 2. The number of nitrogens with one attached hydrogen (secondary N) is 2. The van der Waals surface area contributed by atoms with Crippen LogP contribution in [0.15, 0.2) is 18.5 Å². The molecule has 5 rings (SSSR count). The Morgan fingerprint density at radius 1 is 1.12 bits per heavy atom. The number of nitrogens with zero attached hydrogens (tertiary/aromatic N) is 4. The molecular weight excluding hydrogens is 463 g/mol. The SMILES string of the molecule is CN1CCC[C@@H]1CN(c1cnn(C)c1)S(=O)(=O)NC(=O)Nc1c2c(cc3c1CCC3)CCC2.[Na]. The standard InChI is InChI=1S/C23H32N6O3S.Na/c1-27-11-5-8-18(27)15-29(19-13-24-28(2)14-19)33(31,32)26-23(30)25-22-20-9-3-6-16(20)12-17-7-4-10-21(17)22;/h12-14,18H,3-11,15H2,1-2H3,(H2,25,26,30);/t18-;/m1./s1. The third kappa shape index (κ3) is 5.02. The molecule has 0 saturated carbocycles. The van der Waals surface area contributed by atoms with Crippen LogP contribution in [0, 0.1) is 0 Å². The maximum atomic E-state index is 13.4. The van der Waals surface area contributed by atoms with Gasteiger partial charge in [0, 0.05) is 54.5 Å². The molecule has 2 aromatic rings. The second kappa shape index (κ2) is 10.2. The Balaban J connectivity index is 0.00000274. The smallest absolute Gasteiger partial charge is 0.307 e. The zero-order chi connectivity index (χ0) is 23.2. The fourth-order valence-electron chi connectivity index (χ4n) is 5.56. The van der Waals surface area contributed by atoms with Gasteiger partial charge in [-0.1, -0.05) is 6.07 Å². The minimum atomic E-state index is -4.13. The van der Waals surface area contributed by atoms with Crippen molar-refractivity contribution in [3.63, 3.8) is 0 Å². The van der Waals surface area contributed by atoms with Crippen molar-refractivity contribution in [1.82, 2.24) is 19.4 Å². The number of fused-ring (bicyclic) bond motifs is 2. The van der Waals surface area contributed by atoms with E-state index in [1.807, 2.05) is 7.05 Å². The molecule has 0 unspecified atom stereocenters. The minimum Gasteiger partial charge on any atom is -0.307 e. The number of aryl methyl sites for hydroxylation is 3. The van der Waals surface area contributed by atoms with Gasteiger partial charge < -0.3 is 10.2 Å². The minimum absolute atomic E-state index is 0. The van der Waals surface area contributed by atoms with E-state index < -0.39 is 16.2 Å². The normalized spacial score (nSPS) is 19.4. The van der Waals surface area contributed by atoms with Crippen molar-refractivity contribution in [1.29, 1.82) is 0 Å². The second-order valence-electron chi connectivity index (χ2n) is 9.48. The summed E-state index contributed by atoms with van der Waals surface area (Å²) in [6.07, 6.45) is 11.1.